The van der Waals surface area contributed by atoms with Gasteiger partial charge in [0.25, 0.3) is 0 Å². The van der Waals surface area contributed by atoms with Gasteiger partial charge in [-0.2, -0.15) is 13.2 Å². The summed E-state index contributed by atoms with van der Waals surface area (Å²) in [5.41, 5.74) is -0.125. The molecule has 3 nitrogen and oxygen atoms in total. The number of rotatable bonds is 3. The highest BCUT2D eigenvalue weighted by Gasteiger charge is 2.28. The van der Waals surface area contributed by atoms with Crippen LogP contribution in [0.1, 0.15) is 12.8 Å². The molecule has 0 unspecified atom stereocenters. The molecule has 0 spiro atoms. The average molecular weight is 302 g/mol. The van der Waals surface area contributed by atoms with Crippen LogP contribution in [0.15, 0.2) is 12.1 Å². The van der Waals surface area contributed by atoms with Gasteiger partial charge in [-0.3, -0.25) is 4.79 Å². The van der Waals surface area contributed by atoms with Crippen LogP contribution in [-0.4, -0.2) is 17.2 Å². The van der Waals surface area contributed by atoms with E-state index in [1.807, 2.05) is 0 Å². The minimum Gasteiger partial charge on any atom is -0.504 e. The molecular weight excluding hydrogens is 294 g/mol. The SMILES string of the molecule is O=C(CCC(F)(F)F)Nc1cc(Cl)cc(Cl)c1O. The first-order valence-electron chi connectivity index (χ1n) is 4.73. The second-order valence-corrected chi connectivity index (χ2v) is 4.29. The van der Waals surface area contributed by atoms with E-state index in [1.165, 1.54) is 12.1 Å². The zero-order valence-corrected chi connectivity index (χ0v) is 10.3. The largest absolute Gasteiger partial charge is 0.504 e. The summed E-state index contributed by atoms with van der Waals surface area (Å²) >= 11 is 11.2. The number of halogens is 5. The maximum Gasteiger partial charge on any atom is 0.389 e. The van der Waals surface area contributed by atoms with Gasteiger partial charge in [-0.15, -0.1) is 0 Å². The van der Waals surface area contributed by atoms with Crippen LogP contribution in [0.5, 0.6) is 5.75 Å². The molecule has 1 amide bonds. The Labute approximate surface area is 110 Å². The van der Waals surface area contributed by atoms with E-state index in [0.717, 1.165) is 0 Å². The molecule has 0 aliphatic heterocycles. The molecule has 0 saturated carbocycles. The van der Waals surface area contributed by atoms with Gasteiger partial charge in [-0.1, -0.05) is 23.2 Å². The molecule has 1 aromatic rings. The number of alkyl halides is 3. The minimum absolute atomic E-state index is 0.103. The van der Waals surface area contributed by atoms with Gasteiger partial charge in [0.2, 0.25) is 5.91 Å². The predicted molar refractivity (Wildman–Crippen MR) is 62.0 cm³/mol. The summed E-state index contributed by atoms with van der Waals surface area (Å²) < 4.78 is 35.7. The van der Waals surface area contributed by atoms with Gasteiger partial charge < -0.3 is 10.4 Å². The first-order chi connectivity index (χ1) is 8.19. The molecule has 0 aliphatic carbocycles. The first-order valence-corrected chi connectivity index (χ1v) is 5.49. The molecule has 0 aromatic heterocycles. The summed E-state index contributed by atoms with van der Waals surface area (Å²) in [4.78, 5) is 11.2. The first kappa shape index (κ1) is 14.9. The minimum atomic E-state index is -4.41. The number of anilines is 1. The number of hydrogen-bond donors (Lipinski definition) is 2. The molecule has 0 heterocycles. The molecule has 0 bridgehead atoms. The summed E-state index contributed by atoms with van der Waals surface area (Å²) in [6.45, 7) is 0. The quantitative estimate of drug-likeness (QED) is 0.830. The fraction of sp³-hybridized carbons (Fsp3) is 0.300. The number of benzene rings is 1. The van der Waals surface area contributed by atoms with Gasteiger partial charge in [0.05, 0.1) is 17.1 Å². The molecule has 100 valence electrons. The lowest BCUT2D eigenvalue weighted by molar-refractivity contribution is -0.142. The van der Waals surface area contributed by atoms with Gasteiger partial charge in [-0.05, 0) is 12.1 Å². The Morgan fingerprint density at radius 1 is 1.33 bits per heavy atom. The summed E-state index contributed by atoms with van der Waals surface area (Å²) in [5, 5.41) is 11.6. The van der Waals surface area contributed by atoms with Crippen LogP contribution in [0.4, 0.5) is 18.9 Å². The van der Waals surface area contributed by atoms with Crippen molar-refractivity contribution in [2.24, 2.45) is 0 Å². The number of carbonyl (C=O) groups is 1. The second-order valence-electron chi connectivity index (χ2n) is 3.45. The topological polar surface area (TPSA) is 49.3 Å². The molecule has 0 aliphatic rings. The third-order valence-electron chi connectivity index (χ3n) is 1.94. The van der Waals surface area contributed by atoms with Crippen molar-refractivity contribution in [2.45, 2.75) is 19.0 Å². The van der Waals surface area contributed by atoms with Gasteiger partial charge in [0.1, 0.15) is 0 Å². The Balaban J connectivity index is 2.71. The zero-order chi connectivity index (χ0) is 13.9. The molecule has 18 heavy (non-hydrogen) atoms. The highest BCUT2D eigenvalue weighted by Crippen LogP contribution is 2.35. The van der Waals surface area contributed by atoms with Crippen LogP contribution >= 0.6 is 23.2 Å². The molecule has 0 saturated heterocycles. The molecule has 1 aromatic carbocycles. The van der Waals surface area contributed by atoms with Crippen molar-refractivity contribution in [3.8, 4) is 5.75 Å². The van der Waals surface area contributed by atoms with E-state index in [0.29, 0.717) is 0 Å². The summed E-state index contributed by atoms with van der Waals surface area (Å²) in [5.74, 6) is -1.33. The second kappa shape index (κ2) is 5.67. The average Bonchev–Trinajstić information content (AvgIpc) is 2.21. The van der Waals surface area contributed by atoms with E-state index < -0.39 is 30.7 Å². The van der Waals surface area contributed by atoms with Gasteiger partial charge in [0, 0.05) is 11.4 Å². The Kier molecular flexibility index (Phi) is 4.70. The van der Waals surface area contributed by atoms with Crippen LogP contribution in [0.2, 0.25) is 10.0 Å². The molecule has 0 radical (unpaired) electrons. The predicted octanol–water partition coefficient (Wildman–Crippen LogP) is 3.98. The van der Waals surface area contributed by atoms with E-state index in [4.69, 9.17) is 23.2 Å². The van der Waals surface area contributed by atoms with Crippen molar-refractivity contribution in [1.82, 2.24) is 0 Å². The number of amides is 1. The summed E-state index contributed by atoms with van der Waals surface area (Å²) in [7, 11) is 0. The Hall–Kier alpha value is -1.14. The fourth-order valence-corrected chi connectivity index (χ4v) is 1.62. The van der Waals surface area contributed by atoms with Crippen molar-refractivity contribution in [1.29, 1.82) is 0 Å². The van der Waals surface area contributed by atoms with Crippen LogP contribution in [0.3, 0.4) is 0 Å². The Bertz CT molecular complexity index is 463. The van der Waals surface area contributed by atoms with Gasteiger partial charge in [0.15, 0.2) is 5.75 Å². The van der Waals surface area contributed by atoms with Crippen molar-refractivity contribution >= 4 is 34.8 Å². The molecule has 2 N–H and O–H groups in total. The number of phenolic OH excluding ortho intramolecular Hbond substituents is 1. The fourth-order valence-electron chi connectivity index (χ4n) is 1.13. The number of phenols is 1. The molecule has 0 atom stereocenters. The van der Waals surface area contributed by atoms with Crippen molar-refractivity contribution in [2.75, 3.05) is 5.32 Å². The third-order valence-corrected chi connectivity index (χ3v) is 2.44. The summed E-state index contributed by atoms with van der Waals surface area (Å²) in [6, 6.07) is 2.43. The highest BCUT2D eigenvalue weighted by molar-refractivity contribution is 6.36. The van der Waals surface area contributed by atoms with Gasteiger partial charge >= 0.3 is 6.18 Å². The van der Waals surface area contributed by atoms with E-state index in [1.54, 1.807) is 0 Å². The third kappa shape index (κ3) is 4.62. The lowest BCUT2D eigenvalue weighted by Gasteiger charge is -2.10. The van der Waals surface area contributed by atoms with Crippen LogP contribution in [-0.2, 0) is 4.79 Å². The van der Waals surface area contributed by atoms with Crippen molar-refractivity contribution < 1.29 is 23.1 Å². The lowest BCUT2D eigenvalue weighted by atomic mass is 10.2. The normalized spacial score (nSPS) is 11.4. The number of carbonyl (C=O) groups excluding carboxylic acids is 1. The number of nitrogens with one attached hydrogen (secondary N) is 1. The van der Waals surface area contributed by atoms with E-state index in [-0.39, 0.29) is 15.7 Å². The van der Waals surface area contributed by atoms with Crippen LogP contribution < -0.4 is 5.32 Å². The Morgan fingerprint density at radius 3 is 2.50 bits per heavy atom. The standard InChI is InChI=1S/C10H8Cl2F3NO2/c11-5-3-6(12)9(18)7(4-5)16-8(17)1-2-10(13,14)15/h3-4,18H,1-2H2,(H,16,17). The van der Waals surface area contributed by atoms with E-state index in [2.05, 4.69) is 5.32 Å². The molecule has 0 fully saturated rings. The molecular formula is C10H8Cl2F3NO2. The smallest absolute Gasteiger partial charge is 0.389 e. The maximum absolute atomic E-state index is 11.9. The van der Waals surface area contributed by atoms with Crippen molar-refractivity contribution in [3.63, 3.8) is 0 Å². The number of aromatic hydroxyl groups is 1. The summed E-state index contributed by atoms with van der Waals surface area (Å²) in [6.07, 6.45) is -6.40. The maximum atomic E-state index is 11.9. The van der Waals surface area contributed by atoms with Gasteiger partial charge in [-0.25, -0.2) is 0 Å². The van der Waals surface area contributed by atoms with E-state index >= 15 is 0 Å². The van der Waals surface area contributed by atoms with Crippen LogP contribution in [0, 0.1) is 0 Å². The zero-order valence-electron chi connectivity index (χ0n) is 8.81. The highest BCUT2D eigenvalue weighted by atomic mass is 35.5. The number of hydrogen-bond acceptors (Lipinski definition) is 2. The lowest BCUT2D eigenvalue weighted by Crippen LogP contribution is -2.16. The van der Waals surface area contributed by atoms with E-state index in [9.17, 15) is 23.1 Å². The molecule has 1 rings (SSSR count). The molecule has 8 heteroatoms. The van der Waals surface area contributed by atoms with Crippen molar-refractivity contribution in [3.05, 3.63) is 22.2 Å². The monoisotopic (exact) mass is 301 g/mol. The van der Waals surface area contributed by atoms with Crippen LogP contribution in [0.25, 0.3) is 0 Å². The Morgan fingerprint density at radius 2 is 1.94 bits per heavy atom.